The van der Waals surface area contributed by atoms with E-state index >= 15 is 0 Å². The second-order valence-corrected chi connectivity index (χ2v) is 4.41. The van der Waals surface area contributed by atoms with Crippen LogP contribution in [-0.4, -0.2) is 24.5 Å². The van der Waals surface area contributed by atoms with Crippen molar-refractivity contribution in [3.63, 3.8) is 0 Å². The first-order valence-electron chi connectivity index (χ1n) is 6.56. The molecule has 0 bridgehead atoms. The van der Waals surface area contributed by atoms with Gasteiger partial charge in [-0.05, 0) is 31.2 Å². The van der Waals surface area contributed by atoms with Gasteiger partial charge in [-0.3, -0.25) is 9.25 Å². The molecular formula is C14H16N6. The number of anilines is 1. The van der Waals surface area contributed by atoms with Crippen molar-refractivity contribution in [3.05, 3.63) is 54.9 Å². The van der Waals surface area contributed by atoms with Crippen LogP contribution < -0.4 is 5.32 Å². The summed E-state index contributed by atoms with van der Waals surface area (Å²) in [5, 5.41) is 15.3. The predicted molar refractivity (Wildman–Crippen MR) is 76.6 cm³/mol. The summed E-state index contributed by atoms with van der Waals surface area (Å²) >= 11 is 0. The number of hydrogen-bond acceptors (Lipinski definition) is 4. The zero-order valence-corrected chi connectivity index (χ0v) is 11.3. The highest BCUT2D eigenvalue weighted by Crippen LogP contribution is 2.15. The van der Waals surface area contributed by atoms with E-state index in [0.717, 1.165) is 24.5 Å². The molecule has 0 atom stereocenters. The maximum atomic E-state index is 4.26. The van der Waals surface area contributed by atoms with E-state index in [1.54, 1.807) is 12.7 Å². The van der Waals surface area contributed by atoms with E-state index in [-0.39, 0.29) is 0 Å². The van der Waals surface area contributed by atoms with E-state index in [1.165, 1.54) is 5.69 Å². The first-order valence-corrected chi connectivity index (χ1v) is 6.56. The van der Waals surface area contributed by atoms with Crippen LogP contribution in [-0.2, 0) is 13.1 Å². The molecule has 102 valence electrons. The fraction of sp³-hybridized carbons (Fsp3) is 0.214. The topological polar surface area (TPSA) is 60.6 Å². The average molecular weight is 268 g/mol. The number of nitrogens with zero attached hydrogens (tertiary/aromatic N) is 5. The van der Waals surface area contributed by atoms with Crippen LogP contribution in [0.4, 0.5) is 5.69 Å². The van der Waals surface area contributed by atoms with Gasteiger partial charge in [0.2, 0.25) is 0 Å². The smallest absolute Gasteiger partial charge is 0.123 e. The van der Waals surface area contributed by atoms with Gasteiger partial charge in [0.15, 0.2) is 0 Å². The molecule has 0 aliphatic carbocycles. The molecule has 1 aromatic carbocycles. The summed E-state index contributed by atoms with van der Waals surface area (Å²) in [7, 11) is 0. The van der Waals surface area contributed by atoms with Crippen LogP contribution in [0.25, 0.3) is 5.69 Å². The lowest BCUT2D eigenvalue weighted by molar-refractivity contribution is 0.627. The second-order valence-electron chi connectivity index (χ2n) is 4.41. The Labute approximate surface area is 117 Å². The van der Waals surface area contributed by atoms with Gasteiger partial charge < -0.3 is 5.32 Å². The van der Waals surface area contributed by atoms with Gasteiger partial charge in [-0.2, -0.15) is 5.10 Å². The van der Waals surface area contributed by atoms with Crippen LogP contribution in [0.15, 0.2) is 49.2 Å². The largest absolute Gasteiger partial charge is 0.379 e. The van der Waals surface area contributed by atoms with Crippen LogP contribution in [0.1, 0.15) is 12.6 Å². The predicted octanol–water partition coefficient (Wildman–Crippen LogP) is 2.10. The third-order valence-corrected chi connectivity index (χ3v) is 3.14. The monoisotopic (exact) mass is 268 g/mol. The molecule has 6 nitrogen and oxygen atoms in total. The number of nitrogens with one attached hydrogen (secondary N) is 1. The molecule has 0 radical (unpaired) electrons. The average Bonchev–Trinajstić information content (AvgIpc) is 3.16. The summed E-state index contributed by atoms with van der Waals surface area (Å²) < 4.78 is 3.86. The van der Waals surface area contributed by atoms with Crippen molar-refractivity contribution in [1.29, 1.82) is 0 Å². The second kappa shape index (κ2) is 5.56. The molecule has 0 unspecified atom stereocenters. The minimum atomic E-state index is 0.749. The molecule has 2 aromatic heterocycles. The van der Waals surface area contributed by atoms with Crippen molar-refractivity contribution in [1.82, 2.24) is 24.5 Å². The van der Waals surface area contributed by atoms with Gasteiger partial charge in [0.25, 0.3) is 0 Å². The lowest BCUT2D eigenvalue weighted by Gasteiger charge is -2.09. The van der Waals surface area contributed by atoms with Crippen LogP contribution in [0.2, 0.25) is 0 Å². The minimum absolute atomic E-state index is 0.749. The van der Waals surface area contributed by atoms with Crippen molar-refractivity contribution in [2.24, 2.45) is 0 Å². The summed E-state index contributed by atoms with van der Waals surface area (Å²) in [6.45, 7) is 3.72. The number of benzene rings is 1. The van der Waals surface area contributed by atoms with Gasteiger partial charge in [-0.15, -0.1) is 10.2 Å². The van der Waals surface area contributed by atoms with Crippen LogP contribution in [0, 0.1) is 0 Å². The molecule has 0 aliphatic rings. The Morgan fingerprint density at radius 2 is 2.00 bits per heavy atom. The van der Waals surface area contributed by atoms with E-state index in [1.807, 2.05) is 39.7 Å². The number of aryl methyl sites for hydroxylation is 1. The Kier molecular flexibility index (Phi) is 3.45. The van der Waals surface area contributed by atoms with E-state index in [0.29, 0.717) is 0 Å². The van der Waals surface area contributed by atoms with Crippen LogP contribution in [0.3, 0.4) is 0 Å². The Morgan fingerprint density at radius 1 is 1.15 bits per heavy atom. The normalized spacial score (nSPS) is 10.7. The Balaban J connectivity index is 1.74. The highest BCUT2D eigenvalue weighted by molar-refractivity contribution is 5.51. The first-order chi connectivity index (χ1) is 9.86. The van der Waals surface area contributed by atoms with Gasteiger partial charge >= 0.3 is 0 Å². The van der Waals surface area contributed by atoms with E-state index in [4.69, 9.17) is 0 Å². The molecule has 0 fully saturated rings. The van der Waals surface area contributed by atoms with Crippen molar-refractivity contribution in [2.75, 3.05) is 5.32 Å². The molecule has 3 aromatic rings. The SMILES string of the molecule is CCn1nccc1CNc1cccc(-n2cnnc2)c1. The van der Waals surface area contributed by atoms with E-state index in [9.17, 15) is 0 Å². The Hall–Kier alpha value is -2.63. The van der Waals surface area contributed by atoms with Crippen LogP contribution >= 0.6 is 0 Å². The summed E-state index contributed by atoms with van der Waals surface area (Å²) in [4.78, 5) is 0. The Morgan fingerprint density at radius 3 is 2.80 bits per heavy atom. The fourth-order valence-electron chi connectivity index (χ4n) is 2.10. The van der Waals surface area contributed by atoms with Crippen molar-refractivity contribution in [3.8, 4) is 5.69 Å². The van der Waals surface area contributed by atoms with Crippen molar-refractivity contribution >= 4 is 5.69 Å². The van der Waals surface area contributed by atoms with Gasteiger partial charge in [0.1, 0.15) is 12.7 Å². The standard InChI is InChI=1S/C14H16N6/c1-2-20-14(6-7-18-20)9-15-12-4-3-5-13(8-12)19-10-16-17-11-19/h3-8,10-11,15H,2,9H2,1H3. The summed E-state index contributed by atoms with van der Waals surface area (Å²) in [5.41, 5.74) is 3.26. The molecule has 0 aliphatic heterocycles. The van der Waals surface area contributed by atoms with Gasteiger partial charge in [-0.1, -0.05) is 6.07 Å². The lowest BCUT2D eigenvalue weighted by atomic mass is 10.2. The quantitative estimate of drug-likeness (QED) is 0.769. The van der Waals surface area contributed by atoms with Gasteiger partial charge in [0.05, 0.1) is 17.9 Å². The molecule has 0 amide bonds. The minimum Gasteiger partial charge on any atom is -0.379 e. The zero-order chi connectivity index (χ0) is 13.8. The molecule has 20 heavy (non-hydrogen) atoms. The third-order valence-electron chi connectivity index (χ3n) is 3.14. The number of aromatic nitrogens is 5. The lowest BCUT2D eigenvalue weighted by Crippen LogP contribution is -2.08. The molecular weight excluding hydrogens is 252 g/mol. The summed E-state index contributed by atoms with van der Waals surface area (Å²) in [6, 6.07) is 10.2. The Bertz CT molecular complexity index is 671. The molecule has 2 heterocycles. The highest BCUT2D eigenvalue weighted by Gasteiger charge is 2.02. The van der Waals surface area contributed by atoms with E-state index < -0.39 is 0 Å². The maximum absolute atomic E-state index is 4.26. The van der Waals surface area contributed by atoms with Gasteiger partial charge in [-0.25, -0.2) is 0 Å². The summed E-state index contributed by atoms with van der Waals surface area (Å²) in [6.07, 6.45) is 5.20. The van der Waals surface area contributed by atoms with Gasteiger partial charge in [0, 0.05) is 18.4 Å². The molecule has 0 saturated carbocycles. The molecule has 0 spiro atoms. The maximum Gasteiger partial charge on any atom is 0.123 e. The zero-order valence-electron chi connectivity index (χ0n) is 11.3. The number of hydrogen-bond donors (Lipinski definition) is 1. The molecule has 0 saturated heterocycles. The first kappa shape index (κ1) is 12.4. The third kappa shape index (κ3) is 2.54. The highest BCUT2D eigenvalue weighted by atomic mass is 15.3. The summed E-state index contributed by atoms with van der Waals surface area (Å²) in [5.74, 6) is 0. The molecule has 1 N–H and O–H groups in total. The van der Waals surface area contributed by atoms with Crippen molar-refractivity contribution in [2.45, 2.75) is 20.0 Å². The molecule has 3 rings (SSSR count). The number of rotatable bonds is 5. The van der Waals surface area contributed by atoms with E-state index in [2.05, 4.69) is 33.6 Å². The van der Waals surface area contributed by atoms with Crippen LogP contribution in [0.5, 0.6) is 0 Å². The van der Waals surface area contributed by atoms with Crippen molar-refractivity contribution < 1.29 is 0 Å². The molecule has 6 heteroatoms. The fourth-order valence-corrected chi connectivity index (χ4v) is 2.10.